The molecule has 3 aromatic rings. The van der Waals surface area contributed by atoms with Gasteiger partial charge in [0.15, 0.2) is 6.61 Å². The molecule has 1 aliphatic rings. The predicted molar refractivity (Wildman–Crippen MR) is 102 cm³/mol. The highest BCUT2D eigenvalue weighted by molar-refractivity contribution is 5.89. The maximum Gasteiger partial charge on any atom is 0.349 e. The predicted octanol–water partition coefficient (Wildman–Crippen LogP) is 4.08. The maximum absolute atomic E-state index is 12.0. The van der Waals surface area contributed by atoms with Crippen LogP contribution in [0.4, 0.5) is 0 Å². The molecule has 28 heavy (non-hydrogen) atoms. The normalized spacial score (nSPS) is 13.0. The summed E-state index contributed by atoms with van der Waals surface area (Å²) >= 11 is 0. The molecule has 0 saturated carbocycles. The first kappa shape index (κ1) is 18.1. The monoisotopic (exact) mass is 380 g/mol. The van der Waals surface area contributed by atoms with E-state index in [4.69, 9.17) is 13.9 Å². The molecule has 0 unspecified atom stereocenters. The number of aryl methyl sites for hydroxylation is 2. The number of furan rings is 1. The molecule has 2 aromatic carbocycles. The molecular formula is C22H20O6. The van der Waals surface area contributed by atoms with E-state index in [2.05, 4.69) is 4.74 Å². The van der Waals surface area contributed by atoms with E-state index in [-0.39, 0.29) is 6.61 Å². The number of methoxy groups -OCH3 is 1. The molecule has 0 saturated heterocycles. The van der Waals surface area contributed by atoms with Gasteiger partial charge in [-0.3, -0.25) is 0 Å². The lowest BCUT2D eigenvalue weighted by Gasteiger charge is -2.09. The third-order valence-electron chi connectivity index (χ3n) is 4.79. The number of fused-ring (bicyclic) bond motifs is 3. The summed E-state index contributed by atoms with van der Waals surface area (Å²) in [5, 5.41) is 1.05. The van der Waals surface area contributed by atoms with Gasteiger partial charge in [-0.25, -0.2) is 9.59 Å². The fourth-order valence-corrected chi connectivity index (χ4v) is 3.41. The molecule has 0 radical (unpaired) electrons. The Bertz CT molecular complexity index is 1020. The van der Waals surface area contributed by atoms with Crippen LogP contribution in [0.15, 0.2) is 46.9 Å². The molecule has 144 valence electrons. The summed E-state index contributed by atoms with van der Waals surface area (Å²) in [4.78, 5) is 23.5. The van der Waals surface area contributed by atoms with E-state index < -0.39 is 11.9 Å². The van der Waals surface area contributed by atoms with Gasteiger partial charge in [-0.05, 0) is 61.7 Å². The number of carbonyl (C=O) groups is 2. The van der Waals surface area contributed by atoms with E-state index >= 15 is 0 Å². The molecule has 0 N–H and O–H groups in total. The van der Waals surface area contributed by atoms with E-state index in [1.165, 1.54) is 36.9 Å². The second kappa shape index (κ2) is 7.76. The summed E-state index contributed by atoms with van der Waals surface area (Å²) in [5.74, 6) is 1.02. The summed E-state index contributed by atoms with van der Waals surface area (Å²) in [7, 11) is 1.31. The van der Waals surface area contributed by atoms with Crippen molar-refractivity contribution in [3.63, 3.8) is 0 Å². The van der Waals surface area contributed by atoms with E-state index in [9.17, 15) is 9.59 Å². The number of rotatable bonds is 5. The van der Waals surface area contributed by atoms with Gasteiger partial charge in [0, 0.05) is 17.4 Å². The number of benzene rings is 2. The van der Waals surface area contributed by atoms with Gasteiger partial charge in [-0.2, -0.15) is 0 Å². The molecule has 1 aliphatic carbocycles. The van der Waals surface area contributed by atoms with Crippen LogP contribution in [-0.2, 0) is 22.4 Å². The molecule has 1 heterocycles. The van der Waals surface area contributed by atoms with Crippen LogP contribution in [-0.4, -0.2) is 25.7 Å². The Kier molecular flexibility index (Phi) is 5.02. The van der Waals surface area contributed by atoms with Gasteiger partial charge in [-0.15, -0.1) is 0 Å². The van der Waals surface area contributed by atoms with Crippen LogP contribution in [0.2, 0.25) is 0 Å². The third kappa shape index (κ3) is 3.71. The van der Waals surface area contributed by atoms with E-state index in [1.807, 2.05) is 12.1 Å². The van der Waals surface area contributed by atoms with Crippen molar-refractivity contribution in [2.75, 3.05) is 13.7 Å². The van der Waals surface area contributed by atoms with Crippen molar-refractivity contribution in [1.29, 1.82) is 0 Å². The van der Waals surface area contributed by atoms with Gasteiger partial charge < -0.3 is 18.6 Å². The Hall–Kier alpha value is -3.28. The summed E-state index contributed by atoms with van der Waals surface area (Å²) in [6, 6.07) is 11.7. The molecule has 0 spiro atoms. The van der Waals surface area contributed by atoms with Crippen LogP contribution in [0.3, 0.4) is 0 Å². The second-order valence-electron chi connectivity index (χ2n) is 6.65. The Morgan fingerprint density at radius 1 is 1.00 bits per heavy atom. The molecule has 0 amide bonds. The van der Waals surface area contributed by atoms with Gasteiger partial charge in [0.1, 0.15) is 22.8 Å². The lowest BCUT2D eigenvalue weighted by Crippen LogP contribution is -2.17. The first-order chi connectivity index (χ1) is 13.6. The number of hydrogen-bond donors (Lipinski definition) is 0. The highest BCUT2D eigenvalue weighted by Crippen LogP contribution is 2.33. The average Bonchev–Trinajstić information content (AvgIpc) is 3.10. The highest BCUT2D eigenvalue weighted by atomic mass is 16.6. The van der Waals surface area contributed by atoms with Crippen LogP contribution < -0.4 is 9.47 Å². The van der Waals surface area contributed by atoms with E-state index in [1.54, 1.807) is 6.07 Å². The largest absolute Gasteiger partial charge is 0.482 e. The summed E-state index contributed by atoms with van der Waals surface area (Å²) in [6.07, 6.45) is 4.30. The van der Waals surface area contributed by atoms with Crippen molar-refractivity contribution < 1.29 is 28.2 Å². The summed E-state index contributed by atoms with van der Waals surface area (Å²) in [6.45, 7) is -0.218. The van der Waals surface area contributed by atoms with Crippen molar-refractivity contribution in [1.82, 2.24) is 0 Å². The molecule has 0 atom stereocenters. The fourth-order valence-electron chi connectivity index (χ4n) is 3.41. The molecule has 0 aliphatic heterocycles. The molecule has 0 fully saturated rings. The Morgan fingerprint density at radius 2 is 1.75 bits per heavy atom. The average molecular weight is 380 g/mol. The Labute approximate surface area is 162 Å². The number of esters is 2. The zero-order valence-corrected chi connectivity index (χ0v) is 15.5. The quantitative estimate of drug-likeness (QED) is 0.490. The minimum atomic E-state index is -0.528. The first-order valence-corrected chi connectivity index (χ1v) is 9.20. The van der Waals surface area contributed by atoms with E-state index in [0.717, 1.165) is 42.4 Å². The lowest BCUT2D eigenvalue weighted by molar-refractivity contribution is -0.136. The number of hydrogen-bond acceptors (Lipinski definition) is 6. The van der Waals surface area contributed by atoms with Gasteiger partial charge in [-0.1, -0.05) is 0 Å². The molecule has 4 rings (SSSR count). The number of carbonyl (C=O) groups excluding carboxylic acids is 2. The number of ether oxygens (including phenoxy) is 3. The van der Waals surface area contributed by atoms with Gasteiger partial charge in [0.05, 0.1) is 12.7 Å². The molecule has 1 aromatic heterocycles. The summed E-state index contributed by atoms with van der Waals surface area (Å²) in [5.41, 5.74) is 2.49. The highest BCUT2D eigenvalue weighted by Gasteiger charge is 2.18. The van der Waals surface area contributed by atoms with Crippen molar-refractivity contribution >= 4 is 22.9 Å². The molecule has 6 nitrogen and oxygen atoms in total. The van der Waals surface area contributed by atoms with Crippen molar-refractivity contribution in [3.05, 3.63) is 59.4 Å². The first-order valence-electron chi connectivity index (χ1n) is 9.20. The SMILES string of the molecule is COC(=O)c1ccc(OC(=O)COc2ccc3oc4c(c3c2)CCCC4)cc1. The fraction of sp³-hybridized carbons (Fsp3) is 0.273. The van der Waals surface area contributed by atoms with Gasteiger partial charge in [0.2, 0.25) is 0 Å². The maximum atomic E-state index is 12.0. The van der Waals surface area contributed by atoms with Gasteiger partial charge in [0.25, 0.3) is 0 Å². The van der Waals surface area contributed by atoms with E-state index in [0.29, 0.717) is 17.1 Å². The van der Waals surface area contributed by atoms with Crippen LogP contribution >= 0.6 is 0 Å². The van der Waals surface area contributed by atoms with Crippen LogP contribution in [0.5, 0.6) is 11.5 Å². The zero-order chi connectivity index (χ0) is 19.5. The standard InChI is InChI=1S/C22H20O6/c1-25-22(24)14-6-8-15(9-7-14)27-21(23)13-26-16-10-11-20-18(12-16)17-4-2-3-5-19(17)28-20/h6-12H,2-5,13H2,1H3. The molecule has 6 heteroatoms. The molecule has 0 bridgehead atoms. The van der Waals surface area contributed by atoms with Crippen LogP contribution in [0, 0.1) is 0 Å². The lowest BCUT2D eigenvalue weighted by atomic mass is 9.96. The van der Waals surface area contributed by atoms with Gasteiger partial charge >= 0.3 is 11.9 Å². The smallest absolute Gasteiger partial charge is 0.349 e. The Balaban J connectivity index is 1.38. The van der Waals surface area contributed by atoms with Crippen molar-refractivity contribution in [2.24, 2.45) is 0 Å². The Morgan fingerprint density at radius 3 is 2.54 bits per heavy atom. The van der Waals surface area contributed by atoms with Crippen molar-refractivity contribution in [3.8, 4) is 11.5 Å². The minimum absolute atomic E-state index is 0.218. The molecular weight excluding hydrogens is 360 g/mol. The van der Waals surface area contributed by atoms with Crippen LogP contribution in [0.25, 0.3) is 11.0 Å². The van der Waals surface area contributed by atoms with Crippen molar-refractivity contribution in [2.45, 2.75) is 25.7 Å². The van der Waals surface area contributed by atoms with Crippen LogP contribution in [0.1, 0.15) is 34.5 Å². The minimum Gasteiger partial charge on any atom is -0.482 e. The second-order valence-corrected chi connectivity index (χ2v) is 6.65. The summed E-state index contributed by atoms with van der Waals surface area (Å²) < 4.78 is 21.4. The topological polar surface area (TPSA) is 75.0 Å². The third-order valence-corrected chi connectivity index (χ3v) is 4.79. The zero-order valence-electron chi connectivity index (χ0n) is 15.5.